The second-order valence-electron chi connectivity index (χ2n) is 15.3. The number of anilines is 3. The maximum Gasteiger partial charge on any atom is 0.210 e. The van der Waals surface area contributed by atoms with E-state index in [2.05, 4.69) is 271 Å². The molecule has 0 fully saturated rings. The molecule has 0 bridgehead atoms. The van der Waals surface area contributed by atoms with Crippen molar-refractivity contribution in [1.82, 2.24) is 0 Å². The zero-order valence-corrected chi connectivity index (χ0v) is 33.7. The van der Waals surface area contributed by atoms with E-state index in [9.17, 15) is 0 Å². The lowest BCUT2D eigenvalue weighted by Crippen LogP contribution is -2.30. The van der Waals surface area contributed by atoms with E-state index in [1.165, 1.54) is 55.6 Å². The summed E-state index contributed by atoms with van der Waals surface area (Å²) in [5, 5.41) is 0. The average Bonchev–Trinajstić information content (AvgIpc) is 3.36. The SMILES string of the molecule is c1ccc(-c2ccc(N(c3ccc(-c4ccccc4)cc3)c3ccc(-[n+]4cc(-c5ccccc5)cc(-c5ccc(-c6ccccc6)cc5-c5ccccc5)c4)cc3)cc2)cc1. The molecule has 0 amide bonds. The third-order valence-corrected chi connectivity index (χ3v) is 11.4. The van der Waals surface area contributed by atoms with Crippen molar-refractivity contribution in [3.63, 3.8) is 0 Å². The molecule has 61 heavy (non-hydrogen) atoms. The molecule has 2 heteroatoms. The van der Waals surface area contributed by atoms with Gasteiger partial charge in [0.05, 0.1) is 0 Å². The molecule has 0 aliphatic carbocycles. The van der Waals surface area contributed by atoms with E-state index in [-0.39, 0.29) is 0 Å². The molecule has 1 aromatic heterocycles. The molecule has 0 saturated carbocycles. The molecule has 1 heterocycles. The minimum Gasteiger partial charge on any atom is -0.310 e. The summed E-state index contributed by atoms with van der Waals surface area (Å²) in [5.74, 6) is 0. The van der Waals surface area contributed by atoms with Gasteiger partial charge in [0.2, 0.25) is 5.69 Å². The van der Waals surface area contributed by atoms with Gasteiger partial charge in [-0.15, -0.1) is 0 Å². The molecule has 0 saturated heterocycles. The van der Waals surface area contributed by atoms with Gasteiger partial charge in [-0.2, -0.15) is 4.57 Å². The van der Waals surface area contributed by atoms with Gasteiger partial charge in [0.1, 0.15) is 0 Å². The van der Waals surface area contributed by atoms with E-state index < -0.39 is 0 Å². The number of aromatic nitrogens is 1. The molecule has 0 atom stereocenters. The molecule has 2 nitrogen and oxygen atoms in total. The van der Waals surface area contributed by atoms with Gasteiger partial charge in [0, 0.05) is 40.3 Å². The van der Waals surface area contributed by atoms with E-state index in [0.29, 0.717) is 0 Å². The Hall–Kier alpha value is -8.07. The third-order valence-electron chi connectivity index (χ3n) is 11.4. The standard InChI is InChI=1S/C59H43N2/c1-6-16-44(17-7-1)48-26-31-55(32-27-48)61(56-33-28-49(29-34-56)45-18-8-2-9-19-45)57-37-35-54(36-38-57)60-42-52(47-22-12-4-13-23-47)40-53(43-60)58-39-30-51(46-20-10-3-11-21-46)41-59(58)50-24-14-5-15-25-50/h1-43H/q+1. The Morgan fingerprint density at radius 1 is 0.230 bits per heavy atom. The first-order chi connectivity index (χ1) is 30.2. The molecule has 9 aromatic carbocycles. The van der Waals surface area contributed by atoms with Crippen LogP contribution in [-0.4, -0.2) is 0 Å². The van der Waals surface area contributed by atoms with Gasteiger partial charge in [-0.3, -0.25) is 0 Å². The quantitative estimate of drug-likeness (QED) is 0.125. The van der Waals surface area contributed by atoms with Gasteiger partial charge >= 0.3 is 0 Å². The monoisotopic (exact) mass is 779 g/mol. The Bertz CT molecular complexity index is 2920. The van der Waals surface area contributed by atoms with E-state index in [1.54, 1.807) is 0 Å². The van der Waals surface area contributed by atoms with Crippen LogP contribution in [0.5, 0.6) is 0 Å². The van der Waals surface area contributed by atoms with Crippen molar-refractivity contribution in [1.29, 1.82) is 0 Å². The largest absolute Gasteiger partial charge is 0.310 e. The minimum atomic E-state index is 1.07. The third kappa shape index (κ3) is 8.04. The lowest BCUT2D eigenvalue weighted by Gasteiger charge is -2.26. The van der Waals surface area contributed by atoms with Crippen molar-refractivity contribution in [3.8, 4) is 72.4 Å². The number of benzene rings is 9. The van der Waals surface area contributed by atoms with Gasteiger partial charge in [0.25, 0.3) is 0 Å². The van der Waals surface area contributed by atoms with Crippen LogP contribution >= 0.6 is 0 Å². The summed E-state index contributed by atoms with van der Waals surface area (Å²) in [5.41, 5.74) is 18.5. The molecule has 0 aliphatic heterocycles. The van der Waals surface area contributed by atoms with Gasteiger partial charge in [-0.05, 0) is 104 Å². The molecule has 0 aliphatic rings. The fourth-order valence-electron chi connectivity index (χ4n) is 8.21. The highest BCUT2D eigenvalue weighted by atomic mass is 15.1. The molecule has 0 spiro atoms. The highest BCUT2D eigenvalue weighted by Crippen LogP contribution is 2.39. The predicted octanol–water partition coefficient (Wildman–Crippen LogP) is 15.4. The Labute approximate surface area is 358 Å². The number of hydrogen-bond acceptors (Lipinski definition) is 1. The number of hydrogen-bond donors (Lipinski definition) is 0. The maximum atomic E-state index is 2.34. The summed E-state index contributed by atoms with van der Waals surface area (Å²) in [7, 11) is 0. The first kappa shape index (κ1) is 37.2. The van der Waals surface area contributed by atoms with E-state index in [4.69, 9.17) is 0 Å². The van der Waals surface area contributed by atoms with E-state index in [1.807, 2.05) is 0 Å². The molecular weight excluding hydrogens is 737 g/mol. The first-order valence-electron chi connectivity index (χ1n) is 20.8. The highest BCUT2D eigenvalue weighted by Gasteiger charge is 2.19. The van der Waals surface area contributed by atoms with Crippen LogP contribution in [-0.2, 0) is 0 Å². The first-order valence-corrected chi connectivity index (χ1v) is 20.8. The summed E-state index contributed by atoms with van der Waals surface area (Å²) in [6.45, 7) is 0. The summed E-state index contributed by atoms with van der Waals surface area (Å²) in [6, 6.07) is 89.0. The number of pyridine rings is 1. The van der Waals surface area contributed by atoms with Crippen molar-refractivity contribution in [3.05, 3.63) is 261 Å². The van der Waals surface area contributed by atoms with Crippen LogP contribution in [0.25, 0.3) is 72.4 Å². The van der Waals surface area contributed by atoms with Gasteiger partial charge in [-0.25, -0.2) is 0 Å². The van der Waals surface area contributed by atoms with Crippen LogP contribution in [0, 0.1) is 0 Å². The summed E-state index contributed by atoms with van der Waals surface area (Å²) in [6.07, 6.45) is 4.52. The highest BCUT2D eigenvalue weighted by molar-refractivity contribution is 5.88. The van der Waals surface area contributed by atoms with Crippen molar-refractivity contribution < 1.29 is 4.57 Å². The fourth-order valence-corrected chi connectivity index (χ4v) is 8.21. The van der Waals surface area contributed by atoms with Crippen LogP contribution in [0.15, 0.2) is 261 Å². The lowest BCUT2D eigenvalue weighted by molar-refractivity contribution is -0.594. The van der Waals surface area contributed by atoms with Gasteiger partial charge < -0.3 is 4.90 Å². The molecule has 0 unspecified atom stereocenters. The molecule has 0 radical (unpaired) electrons. The van der Waals surface area contributed by atoms with Gasteiger partial charge in [-0.1, -0.05) is 188 Å². The second kappa shape index (κ2) is 17.0. The van der Waals surface area contributed by atoms with Crippen LogP contribution in [0.4, 0.5) is 17.1 Å². The van der Waals surface area contributed by atoms with Crippen molar-refractivity contribution in [2.24, 2.45) is 0 Å². The van der Waals surface area contributed by atoms with Crippen molar-refractivity contribution in [2.75, 3.05) is 4.90 Å². The Balaban J connectivity index is 1.07. The second-order valence-corrected chi connectivity index (χ2v) is 15.3. The number of nitrogens with zero attached hydrogens (tertiary/aromatic N) is 2. The average molecular weight is 780 g/mol. The molecule has 10 aromatic rings. The predicted molar refractivity (Wildman–Crippen MR) is 255 cm³/mol. The smallest absolute Gasteiger partial charge is 0.210 e. The van der Waals surface area contributed by atoms with Gasteiger partial charge in [0.15, 0.2) is 12.4 Å². The number of rotatable bonds is 10. The molecular formula is C59H43N2+. The van der Waals surface area contributed by atoms with E-state index >= 15 is 0 Å². The molecule has 10 rings (SSSR count). The topological polar surface area (TPSA) is 7.12 Å². The summed E-state index contributed by atoms with van der Waals surface area (Å²) < 4.78 is 2.27. The fraction of sp³-hybridized carbons (Fsp3) is 0. The van der Waals surface area contributed by atoms with Crippen LogP contribution in [0.2, 0.25) is 0 Å². The maximum absolute atomic E-state index is 2.34. The van der Waals surface area contributed by atoms with Crippen LogP contribution < -0.4 is 9.47 Å². The molecule has 0 N–H and O–H groups in total. The van der Waals surface area contributed by atoms with Crippen molar-refractivity contribution in [2.45, 2.75) is 0 Å². The van der Waals surface area contributed by atoms with E-state index in [0.717, 1.165) is 33.9 Å². The Morgan fingerprint density at radius 3 is 1.03 bits per heavy atom. The zero-order chi connectivity index (χ0) is 40.8. The summed E-state index contributed by atoms with van der Waals surface area (Å²) in [4.78, 5) is 2.34. The Kier molecular flexibility index (Phi) is 10.4. The lowest BCUT2D eigenvalue weighted by atomic mass is 9.90. The Morgan fingerprint density at radius 2 is 0.574 bits per heavy atom. The van der Waals surface area contributed by atoms with Crippen LogP contribution in [0.1, 0.15) is 0 Å². The summed E-state index contributed by atoms with van der Waals surface area (Å²) >= 11 is 0. The normalized spacial score (nSPS) is 11.0. The molecule has 288 valence electrons. The van der Waals surface area contributed by atoms with Crippen molar-refractivity contribution >= 4 is 17.1 Å². The zero-order valence-electron chi connectivity index (χ0n) is 33.7. The minimum absolute atomic E-state index is 1.07. The van der Waals surface area contributed by atoms with Crippen LogP contribution in [0.3, 0.4) is 0 Å².